The van der Waals surface area contributed by atoms with Crippen LogP contribution in [0.3, 0.4) is 0 Å². The first-order valence-electron chi connectivity index (χ1n) is 8.17. The second kappa shape index (κ2) is 7.30. The SMILES string of the molecule is Cc1cnccc1CN1CC[C@@](O)(CNC(=O)c2cnco2)[C@H](O)C1. The van der Waals surface area contributed by atoms with Crippen molar-refractivity contribution in [1.29, 1.82) is 0 Å². The highest BCUT2D eigenvalue weighted by Crippen LogP contribution is 2.24. The van der Waals surface area contributed by atoms with E-state index in [-0.39, 0.29) is 12.3 Å². The number of rotatable bonds is 5. The van der Waals surface area contributed by atoms with Gasteiger partial charge in [-0.1, -0.05) is 0 Å². The molecule has 8 nitrogen and oxygen atoms in total. The summed E-state index contributed by atoms with van der Waals surface area (Å²) in [7, 11) is 0. The fourth-order valence-electron chi connectivity index (χ4n) is 2.94. The summed E-state index contributed by atoms with van der Waals surface area (Å²) in [6.07, 6.45) is 5.42. The molecule has 1 fully saturated rings. The normalized spacial score (nSPS) is 24.2. The number of aliphatic hydroxyl groups is 2. The van der Waals surface area contributed by atoms with Gasteiger partial charge in [0.15, 0.2) is 6.39 Å². The fraction of sp³-hybridized carbons (Fsp3) is 0.471. The Hall–Kier alpha value is -2.29. The number of aryl methyl sites for hydroxylation is 1. The zero-order valence-corrected chi connectivity index (χ0v) is 14.1. The number of nitrogens with one attached hydrogen (secondary N) is 1. The minimum Gasteiger partial charge on any atom is -0.438 e. The number of carbonyl (C=O) groups excluding carboxylic acids is 1. The van der Waals surface area contributed by atoms with E-state index in [1.54, 1.807) is 6.20 Å². The Morgan fingerprint density at radius 1 is 1.48 bits per heavy atom. The third-order valence-corrected chi connectivity index (χ3v) is 4.65. The van der Waals surface area contributed by atoms with Gasteiger partial charge in [-0.25, -0.2) is 4.98 Å². The molecule has 2 aromatic heterocycles. The summed E-state index contributed by atoms with van der Waals surface area (Å²) in [6.45, 7) is 3.59. The van der Waals surface area contributed by atoms with E-state index in [0.717, 1.165) is 17.5 Å². The van der Waals surface area contributed by atoms with E-state index >= 15 is 0 Å². The molecule has 0 aromatic carbocycles. The number of pyridine rings is 1. The van der Waals surface area contributed by atoms with Gasteiger partial charge in [0.1, 0.15) is 5.60 Å². The lowest BCUT2D eigenvalue weighted by Gasteiger charge is -2.42. The van der Waals surface area contributed by atoms with Crippen molar-refractivity contribution >= 4 is 5.91 Å². The molecule has 3 N–H and O–H groups in total. The number of amides is 1. The lowest BCUT2D eigenvalue weighted by Crippen LogP contribution is -2.60. The number of likely N-dealkylation sites (tertiary alicyclic amines) is 1. The van der Waals surface area contributed by atoms with Gasteiger partial charge in [-0.3, -0.25) is 14.7 Å². The largest absolute Gasteiger partial charge is 0.438 e. The molecule has 1 amide bonds. The molecular weight excluding hydrogens is 324 g/mol. The van der Waals surface area contributed by atoms with Crippen LogP contribution in [0.15, 0.2) is 35.5 Å². The van der Waals surface area contributed by atoms with E-state index in [1.807, 2.05) is 19.2 Å². The van der Waals surface area contributed by atoms with Crippen LogP contribution in [0.1, 0.15) is 28.1 Å². The van der Waals surface area contributed by atoms with Crippen LogP contribution in [-0.2, 0) is 6.54 Å². The van der Waals surface area contributed by atoms with E-state index < -0.39 is 17.6 Å². The number of carbonyl (C=O) groups is 1. The number of oxazole rings is 1. The molecule has 2 aromatic rings. The Morgan fingerprint density at radius 3 is 3.00 bits per heavy atom. The number of piperidine rings is 1. The highest BCUT2D eigenvalue weighted by molar-refractivity contribution is 5.91. The van der Waals surface area contributed by atoms with Crippen molar-refractivity contribution in [2.24, 2.45) is 0 Å². The molecule has 0 bridgehead atoms. The predicted octanol–water partition coefficient (Wildman–Crippen LogP) is 0.106. The predicted molar refractivity (Wildman–Crippen MR) is 88.7 cm³/mol. The summed E-state index contributed by atoms with van der Waals surface area (Å²) in [5.74, 6) is -0.392. The molecule has 3 heterocycles. The van der Waals surface area contributed by atoms with Gasteiger partial charge in [-0.15, -0.1) is 0 Å². The highest BCUT2D eigenvalue weighted by Gasteiger charge is 2.41. The average Bonchev–Trinajstić information content (AvgIpc) is 3.13. The monoisotopic (exact) mass is 346 g/mol. The van der Waals surface area contributed by atoms with Crippen molar-refractivity contribution in [2.75, 3.05) is 19.6 Å². The molecule has 3 rings (SSSR count). The van der Waals surface area contributed by atoms with E-state index in [2.05, 4.69) is 20.2 Å². The number of β-amino-alcohol motifs (C(OH)–C–C–N with tert-alkyl or cyclic N) is 1. The number of nitrogens with zero attached hydrogens (tertiary/aromatic N) is 3. The van der Waals surface area contributed by atoms with Crippen molar-refractivity contribution in [3.8, 4) is 0 Å². The Kier molecular flexibility index (Phi) is 5.12. The molecule has 0 aliphatic carbocycles. The molecule has 1 saturated heterocycles. The maximum Gasteiger partial charge on any atom is 0.288 e. The molecule has 2 atom stereocenters. The van der Waals surface area contributed by atoms with Crippen LogP contribution in [-0.4, -0.2) is 62.3 Å². The third-order valence-electron chi connectivity index (χ3n) is 4.65. The van der Waals surface area contributed by atoms with Crippen LogP contribution in [0, 0.1) is 6.92 Å². The van der Waals surface area contributed by atoms with Gasteiger partial charge >= 0.3 is 0 Å². The van der Waals surface area contributed by atoms with Crippen molar-refractivity contribution in [3.05, 3.63) is 47.9 Å². The molecule has 1 aliphatic rings. The van der Waals surface area contributed by atoms with Crippen molar-refractivity contribution in [2.45, 2.75) is 31.6 Å². The van der Waals surface area contributed by atoms with Crippen LogP contribution in [0.2, 0.25) is 0 Å². The summed E-state index contributed by atoms with van der Waals surface area (Å²) >= 11 is 0. The van der Waals surface area contributed by atoms with Gasteiger partial charge in [0.05, 0.1) is 12.3 Å². The van der Waals surface area contributed by atoms with Gasteiger partial charge in [-0.2, -0.15) is 0 Å². The Labute approximate surface area is 145 Å². The average molecular weight is 346 g/mol. The molecule has 0 spiro atoms. The minimum atomic E-state index is -1.36. The molecule has 0 unspecified atom stereocenters. The standard InChI is InChI=1S/C17H22N4O4/c1-12-6-18-4-2-13(12)8-21-5-3-17(24,15(22)9-21)10-20-16(23)14-7-19-11-25-14/h2,4,6-7,11,15,22,24H,3,5,8-10H2,1H3,(H,20,23)/t15-,17-/m1/s1. The third kappa shape index (κ3) is 4.04. The van der Waals surface area contributed by atoms with E-state index in [0.29, 0.717) is 26.1 Å². The Balaban J connectivity index is 1.55. The molecule has 25 heavy (non-hydrogen) atoms. The van der Waals surface area contributed by atoms with Gasteiger partial charge in [0.2, 0.25) is 5.76 Å². The summed E-state index contributed by atoms with van der Waals surface area (Å²) < 4.78 is 4.91. The lowest BCUT2D eigenvalue weighted by atomic mass is 9.88. The summed E-state index contributed by atoms with van der Waals surface area (Å²) in [5, 5.41) is 23.7. The fourth-order valence-corrected chi connectivity index (χ4v) is 2.94. The maximum absolute atomic E-state index is 11.9. The minimum absolute atomic E-state index is 0.0458. The van der Waals surface area contributed by atoms with Crippen LogP contribution in [0.5, 0.6) is 0 Å². The second-order valence-electron chi connectivity index (χ2n) is 6.46. The van der Waals surface area contributed by atoms with Crippen LogP contribution in [0.25, 0.3) is 0 Å². The quantitative estimate of drug-likeness (QED) is 0.704. The van der Waals surface area contributed by atoms with Gasteiger partial charge in [-0.05, 0) is 30.5 Å². The number of aliphatic hydroxyl groups excluding tert-OH is 1. The Morgan fingerprint density at radius 2 is 2.32 bits per heavy atom. The van der Waals surface area contributed by atoms with Crippen LogP contribution >= 0.6 is 0 Å². The van der Waals surface area contributed by atoms with Crippen molar-refractivity contribution < 1.29 is 19.4 Å². The van der Waals surface area contributed by atoms with Gasteiger partial charge < -0.3 is 19.9 Å². The van der Waals surface area contributed by atoms with Crippen LogP contribution < -0.4 is 5.32 Å². The zero-order chi connectivity index (χ0) is 17.9. The first-order chi connectivity index (χ1) is 12.0. The highest BCUT2D eigenvalue weighted by atomic mass is 16.4. The summed E-state index contributed by atoms with van der Waals surface area (Å²) in [4.78, 5) is 21.7. The maximum atomic E-state index is 11.9. The van der Waals surface area contributed by atoms with E-state index in [4.69, 9.17) is 4.42 Å². The smallest absolute Gasteiger partial charge is 0.288 e. The first-order valence-corrected chi connectivity index (χ1v) is 8.17. The van der Waals surface area contributed by atoms with Crippen molar-refractivity contribution in [1.82, 2.24) is 20.2 Å². The van der Waals surface area contributed by atoms with E-state index in [9.17, 15) is 15.0 Å². The summed E-state index contributed by atoms with van der Waals surface area (Å²) in [5.41, 5.74) is 0.878. The Bertz CT molecular complexity index is 721. The molecule has 1 aliphatic heterocycles. The summed E-state index contributed by atoms with van der Waals surface area (Å²) in [6, 6.07) is 1.96. The van der Waals surface area contributed by atoms with Gasteiger partial charge in [0.25, 0.3) is 5.91 Å². The molecular formula is C17H22N4O4. The second-order valence-corrected chi connectivity index (χ2v) is 6.46. The zero-order valence-electron chi connectivity index (χ0n) is 14.1. The van der Waals surface area contributed by atoms with Crippen molar-refractivity contribution in [3.63, 3.8) is 0 Å². The van der Waals surface area contributed by atoms with Crippen LogP contribution in [0.4, 0.5) is 0 Å². The lowest BCUT2D eigenvalue weighted by molar-refractivity contribution is -0.117. The number of hydrogen-bond acceptors (Lipinski definition) is 7. The number of hydrogen-bond donors (Lipinski definition) is 3. The van der Waals surface area contributed by atoms with E-state index in [1.165, 1.54) is 6.20 Å². The number of aromatic nitrogens is 2. The molecule has 0 saturated carbocycles. The topological polar surface area (TPSA) is 112 Å². The molecule has 134 valence electrons. The first kappa shape index (κ1) is 17.5. The molecule has 0 radical (unpaired) electrons. The molecule has 8 heteroatoms. The van der Waals surface area contributed by atoms with Gasteiger partial charge in [0, 0.05) is 38.6 Å².